The van der Waals surface area contributed by atoms with Gasteiger partial charge >= 0.3 is 0 Å². The lowest BCUT2D eigenvalue weighted by Crippen LogP contribution is -2.45. The number of carbonyl (C=O) groups is 2. The van der Waals surface area contributed by atoms with E-state index in [0.29, 0.717) is 23.6 Å². The van der Waals surface area contributed by atoms with Crippen LogP contribution < -0.4 is 20.1 Å². The first-order chi connectivity index (χ1) is 12.1. The van der Waals surface area contributed by atoms with E-state index in [0.717, 1.165) is 25.9 Å². The molecular formula is C18H25N3O4. The Balaban J connectivity index is 1.41. The fraction of sp³-hybridized carbons (Fsp3) is 0.556. The van der Waals surface area contributed by atoms with E-state index >= 15 is 0 Å². The maximum Gasteiger partial charge on any atom is 0.235 e. The molecule has 3 rings (SSSR count). The normalized spacial score (nSPS) is 18.0. The third-order valence-electron chi connectivity index (χ3n) is 4.56. The number of Topliss-reactive ketones (excluding diaryl/α,β-unsaturated/α-hetero) is 1. The third-order valence-corrected chi connectivity index (χ3v) is 4.56. The van der Waals surface area contributed by atoms with Gasteiger partial charge in [0.2, 0.25) is 12.7 Å². The van der Waals surface area contributed by atoms with Crippen LogP contribution in [0.4, 0.5) is 0 Å². The maximum absolute atomic E-state index is 12.5. The molecule has 1 fully saturated rings. The van der Waals surface area contributed by atoms with Crippen LogP contribution in [-0.4, -0.2) is 55.7 Å². The van der Waals surface area contributed by atoms with E-state index in [4.69, 9.17) is 9.47 Å². The summed E-state index contributed by atoms with van der Waals surface area (Å²) in [6, 6.07) is 4.75. The molecule has 2 aliphatic rings. The van der Waals surface area contributed by atoms with Crippen molar-refractivity contribution in [2.75, 3.05) is 33.1 Å². The maximum atomic E-state index is 12.5. The number of rotatable bonds is 7. The van der Waals surface area contributed by atoms with Gasteiger partial charge in [0.05, 0.1) is 19.3 Å². The fourth-order valence-electron chi connectivity index (χ4n) is 3.07. The Labute approximate surface area is 147 Å². The largest absolute Gasteiger partial charge is 0.454 e. The van der Waals surface area contributed by atoms with Gasteiger partial charge in [0.15, 0.2) is 17.3 Å². The standard InChI is InChI=1S/C18H25N3O4/c1-13(18(23)14-5-6-15-16(9-14)25-12-24-15)19-11-20-17(22)10-21-7-3-2-4-8-21/h5-6,9,13,19H,2-4,7-8,10-12H2,1H3,(H,20,22). The number of ether oxygens (including phenoxy) is 2. The molecule has 0 saturated carbocycles. The second kappa shape index (κ2) is 8.31. The second-order valence-corrected chi connectivity index (χ2v) is 6.47. The molecule has 2 N–H and O–H groups in total. The Kier molecular flexibility index (Phi) is 5.88. The highest BCUT2D eigenvalue weighted by Gasteiger charge is 2.20. The van der Waals surface area contributed by atoms with E-state index in [-0.39, 0.29) is 25.2 Å². The van der Waals surface area contributed by atoms with Gasteiger partial charge in [-0.25, -0.2) is 0 Å². The number of fused-ring (bicyclic) bond motifs is 1. The highest BCUT2D eigenvalue weighted by atomic mass is 16.7. The minimum absolute atomic E-state index is 0.0165. The third kappa shape index (κ3) is 4.70. The van der Waals surface area contributed by atoms with Gasteiger partial charge in [-0.15, -0.1) is 0 Å². The number of ketones is 1. The van der Waals surface area contributed by atoms with E-state index in [9.17, 15) is 9.59 Å². The first-order valence-electron chi connectivity index (χ1n) is 8.80. The van der Waals surface area contributed by atoms with Gasteiger partial charge < -0.3 is 14.8 Å². The number of carbonyl (C=O) groups excluding carboxylic acids is 2. The van der Waals surface area contributed by atoms with Crippen molar-refractivity contribution < 1.29 is 19.1 Å². The van der Waals surface area contributed by atoms with Crippen LogP contribution in [0.1, 0.15) is 36.5 Å². The van der Waals surface area contributed by atoms with Gasteiger partial charge in [-0.2, -0.15) is 0 Å². The van der Waals surface area contributed by atoms with Crippen molar-refractivity contribution in [3.8, 4) is 11.5 Å². The SMILES string of the molecule is CC(NCNC(=O)CN1CCCCC1)C(=O)c1ccc2c(c1)OCO2. The highest BCUT2D eigenvalue weighted by Crippen LogP contribution is 2.32. The van der Waals surface area contributed by atoms with Crippen molar-refractivity contribution in [2.45, 2.75) is 32.2 Å². The molecule has 1 atom stereocenters. The molecule has 2 aliphatic heterocycles. The number of nitrogens with one attached hydrogen (secondary N) is 2. The van der Waals surface area contributed by atoms with Crippen molar-refractivity contribution >= 4 is 11.7 Å². The molecule has 0 aliphatic carbocycles. The lowest BCUT2D eigenvalue weighted by atomic mass is 10.1. The zero-order chi connectivity index (χ0) is 17.6. The molecule has 1 aromatic carbocycles. The fourth-order valence-corrected chi connectivity index (χ4v) is 3.07. The second-order valence-electron chi connectivity index (χ2n) is 6.47. The molecular weight excluding hydrogens is 322 g/mol. The lowest BCUT2D eigenvalue weighted by molar-refractivity contribution is -0.122. The van der Waals surface area contributed by atoms with Gasteiger partial charge in [-0.05, 0) is 51.1 Å². The van der Waals surface area contributed by atoms with Crippen LogP contribution in [0.3, 0.4) is 0 Å². The summed E-state index contributed by atoms with van der Waals surface area (Å²) >= 11 is 0. The average Bonchev–Trinajstić information content (AvgIpc) is 3.09. The molecule has 7 heteroatoms. The lowest BCUT2D eigenvalue weighted by Gasteiger charge is -2.25. The van der Waals surface area contributed by atoms with E-state index in [1.807, 2.05) is 0 Å². The molecule has 0 bridgehead atoms. The van der Waals surface area contributed by atoms with Gasteiger partial charge in [0, 0.05) is 5.56 Å². The van der Waals surface area contributed by atoms with E-state index in [1.54, 1.807) is 25.1 Å². The Morgan fingerprint density at radius 1 is 1.16 bits per heavy atom. The monoisotopic (exact) mass is 347 g/mol. The van der Waals surface area contributed by atoms with E-state index < -0.39 is 6.04 Å². The quantitative estimate of drug-likeness (QED) is 0.569. The molecule has 0 aromatic heterocycles. The number of benzene rings is 1. The Bertz CT molecular complexity index is 629. The van der Waals surface area contributed by atoms with E-state index in [2.05, 4.69) is 15.5 Å². The minimum atomic E-state index is -0.407. The molecule has 2 heterocycles. The molecule has 1 aromatic rings. The Hall–Kier alpha value is -2.12. The molecule has 136 valence electrons. The van der Waals surface area contributed by atoms with Gasteiger partial charge in [0.1, 0.15) is 0 Å². The molecule has 1 saturated heterocycles. The average molecular weight is 347 g/mol. The topological polar surface area (TPSA) is 79.9 Å². The zero-order valence-corrected chi connectivity index (χ0v) is 14.5. The van der Waals surface area contributed by atoms with E-state index in [1.165, 1.54) is 6.42 Å². The number of amides is 1. The molecule has 25 heavy (non-hydrogen) atoms. The summed E-state index contributed by atoms with van der Waals surface area (Å²) in [7, 11) is 0. The number of hydrogen-bond donors (Lipinski definition) is 2. The number of nitrogens with zero attached hydrogens (tertiary/aromatic N) is 1. The summed E-state index contributed by atoms with van der Waals surface area (Å²) in [5.41, 5.74) is 0.559. The smallest absolute Gasteiger partial charge is 0.235 e. The minimum Gasteiger partial charge on any atom is -0.454 e. The van der Waals surface area contributed by atoms with Crippen molar-refractivity contribution in [1.82, 2.24) is 15.5 Å². The summed E-state index contributed by atoms with van der Waals surface area (Å²) in [6.07, 6.45) is 3.57. The summed E-state index contributed by atoms with van der Waals surface area (Å²) in [4.78, 5) is 26.6. The number of likely N-dealkylation sites (tertiary alicyclic amines) is 1. The van der Waals surface area contributed by atoms with Crippen LogP contribution in [0.25, 0.3) is 0 Å². The zero-order valence-electron chi connectivity index (χ0n) is 14.5. The first-order valence-corrected chi connectivity index (χ1v) is 8.80. The predicted molar refractivity (Wildman–Crippen MR) is 92.8 cm³/mol. The summed E-state index contributed by atoms with van der Waals surface area (Å²) < 4.78 is 10.5. The molecule has 7 nitrogen and oxygen atoms in total. The highest BCUT2D eigenvalue weighted by molar-refractivity contribution is 6.00. The van der Waals surface area contributed by atoms with Gasteiger partial charge in [-0.3, -0.25) is 19.8 Å². The van der Waals surface area contributed by atoms with Crippen LogP contribution in [0, 0.1) is 0 Å². The van der Waals surface area contributed by atoms with Crippen molar-refractivity contribution in [3.05, 3.63) is 23.8 Å². The summed E-state index contributed by atoms with van der Waals surface area (Å²) in [5, 5.41) is 5.86. The first kappa shape index (κ1) is 17.7. The predicted octanol–water partition coefficient (Wildman–Crippen LogP) is 1.14. The van der Waals surface area contributed by atoms with Crippen LogP contribution in [0.5, 0.6) is 11.5 Å². The molecule has 1 amide bonds. The molecule has 1 unspecified atom stereocenters. The molecule has 0 spiro atoms. The molecule has 0 radical (unpaired) electrons. The van der Waals surface area contributed by atoms with Crippen molar-refractivity contribution in [2.24, 2.45) is 0 Å². The Morgan fingerprint density at radius 3 is 2.72 bits per heavy atom. The van der Waals surface area contributed by atoms with Crippen LogP contribution in [0.15, 0.2) is 18.2 Å². The number of hydrogen-bond acceptors (Lipinski definition) is 6. The van der Waals surface area contributed by atoms with Crippen molar-refractivity contribution in [3.63, 3.8) is 0 Å². The van der Waals surface area contributed by atoms with Crippen LogP contribution in [0.2, 0.25) is 0 Å². The van der Waals surface area contributed by atoms with Crippen molar-refractivity contribution in [1.29, 1.82) is 0 Å². The van der Waals surface area contributed by atoms with Gasteiger partial charge in [-0.1, -0.05) is 6.42 Å². The summed E-state index contributed by atoms with van der Waals surface area (Å²) in [5.74, 6) is 1.18. The van der Waals surface area contributed by atoms with Gasteiger partial charge in [0.25, 0.3) is 0 Å². The van der Waals surface area contributed by atoms with Crippen LogP contribution in [-0.2, 0) is 4.79 Å². The summed E-state index contributed by atoms with van der Waals surface area (Å²) in [6.45, 7) is 4.63. The van der Waals surface area contributed by atoms with Crippen LogP contribution >= 0.6 is 0 Å². The number of piperidine rings is 1. The Morgan fingerprint density at radius 2 is 1.92 bits per heavy atom.